The number of anilines is 2. The SMILES string of the molecule is CCN1CCCc2cc(C=NNC(=S)Nc3c(C)cc(C)cc3C)ccc21. The van der Waals surface area contributed by atoms with Gasteiger partial charge in [0.05, 0.1) is 6.21 Å². The molecule has 0 aliphatic carbocycles. The van der Waals surface area contributed by atoms with Gasteiger partial charge >= 0.3 is 0 Å². The molecular weight excluding hydrogens is 352 g/mol. The minimum atomic E-state index is 0.497. The molecule has 0 unspecified atom stereocenters. The summed E-state index contributed by atoms with van der Waals surface area (Å²) in [5.41, 5.74) is 11.4. The second-order valence-electron chi connectivity index (χ2n) is 7.17. The lowest BCUT2D eigenvalue weighted by Gasteiger charge is -2.30. The molecule has 0 fully saturated rings. The quantitative estimate of drug-likeness (QED) is 0.458. The van der Waals surface area contributed by atoms with E-state index in [9.17, 15) is 0 Å². The summed E-state index contributed by atoms with van der Waals surface area (Å²) in [5, 5.41) is 8.06. The van der Waals surface area contributed by atoms with Crippen molar-refractivity contribution in [1.29, 1.82) is 0 Å². The van der Waals surface area contributed by atoms with Crippen molar-refractivity contribution >= 4 is 34.9 Å². The van der Waals surface area contributed by atoms with Crippen LogP contribution in [0.25, 0.3) is 0 Å². The number of thiocarbonyl (C=S) groups is 1. The second kappa shape index (κ2) is 8.53. The van der Waals surface area contributed by atoms with E-state index in [1.165, 1.54) is 34.4 Å². The highest BCUT2D eigenvalue weighted by Crippen LogP contribution is 2.27. The molecule has 1 aliphatic rings. The van der Waals surface area contributed by atoms with Crippen LogP contribution < -0.4 is 15.6 Å². The smallest absolute Gasteiger partial charge is 0.191 e. The van der Waals surface area contributed by atoms with Crippen molar-refractivity contribution in [2.24, 2.45) is 5.10 Å². The molecule has 142 valence electrons. The number of hydrazone groups is 1. The molecule has 1 heterocycles. The molecule has 5 heteroatoms. The van der Waals surface area contributed by atoms with Gasteiger partial charge < -0.3 is 10.2 Å². The molecule has 0 spiro atoms. The molecule has 0 saturated heterocycles. The zero-order chi connectivity index (χ0) is 19.4. The van der Waals surface area contributed by atoms with Crippen LogP contribution in [0.3, 0.4) is 0 Å². The van der Waals surface area contributed by atoms with Crippen molar-refractivity contribution in [3.63, 3.8) is 0 Å². The Morgan fingerprint density at radius 3 is 2.63 bits per heavy atom. The van der Waals surface area contributed by atoms with Crippen LogP contribution in [0.5, 0.6) is 0 Å². The molecular formula is C22H28N4S. The highest BCUT2D eigenvalue weighted by Gasteiger charge is 2.15. The Kier molecular flexibility index (Phi) is 6.11. The first-order valence-corrected chi connectivity index (χ1v) is 9.94. The zero-order valence-electron chi connectivity index (χ0n) is 16.6. The summed E-state index contributed by atoms with van der Waals surface area (Å²) in [6.07, 6.45) is 4.17. The fraction of sp³-hybridized carbons (Fsp3) is 0.364. The Labute approximate surface area is 167 Å². The number of benzene rings is 2. The number of aryl methyl sites for hydroxylation is 4. The second-order valence-corrected chi connectivity index (χ2v) is 7.58. The number of fused-ring (bicyclic) bond motifs is 1. The van der Waals surface area contributed by atoms with Crippen molar-refractivity contribution < 1.29 is 0 Å². The van der Waals surface area contributed by atoms with Gasteiger partial charge in [0.15, 0.2) is 5.11 Å². The first kappa shape index (κ1) is 19.4. The number of rotatable bonds is 4. The van der Waals surface area contributed by atoms with Gasteiger partial charge in [0.1, 0.15) is 0 Å². The van der Waals surface area contributed by atoms with Gasteiger partial charge in [0.25, 0.3) is 0 Å². The number of nitrogens with one attached hydrogen (secondary N) is 2. The van der Waals surface area contributed by atoms with Crippen LogP contribution in [0.15, 0.2) is 35.4 Å². The fourth-order valence-electron chi connectivity index (χ4n) is 3.79. The maximum atomic E-state index is 5.39. The molecule has 0 aromatic heterocycles. The Balaban J connectivity index is 1.63. The van der Waals surface area contributed by atoms with Crippen LogP contribution >= 0.6 is 12.2 Å². The lowest BCUT2D eigenvalue weighted by molar-refractivity contribution is 0.708. The van der Waals surface area contributed by atoms with Crippen molar-refractivity contribution in [2.45, 2.75) is 40.5 Å². The van der Waals surface area contributed by atoms with E-state index in [1.54, 1.807) is 0 Å². The topological polar surface area (TPSA) is 39.7 Å². The monoisotopic (exact) mass is 380 g/mol. The summed E-state index contributed by atoms with van der Waals surface area (Å²) in [6, 6.07) is 10.8. The first-order chi connectivity index (χ1) is 13.0. The van der Waals surface area contributed by atoms with E-state index in [0.29, 0.717) is 5.11 Å². The summed E-state index contributed by atoms with van der Waals surface area (Å²) >= 11 is 5.39. The van der Waals surface area contributed by atoms with E-state index in [2.05, 4.69) is 78.8 Å². The Hall–Kier alpha value is -2.40. The molecule has 0 saturated carbocycles. The van der Waals surface area contributed by atoms with Crippen molar-refractivity contribution in [1.82, 2.24) is 5.43 Å². The van der Waals surface area contributed by atoms with Crippen molar-refractivity contribution in [2.75, 3.05) is 23.3 Å². The Morgan fingerprint density at radius 1 is 1.19 bits per heavy atom. The molecule has 2 aromatic carbocycles. The highest BCUT2D eigenvalue weighted by molar-refractivity contribution is 7.80. The molecule has 27 heavy (non-hydrogen) atoms. The molecule has 2 N–H and O–H groups in total. The average molecular weight is 381 g/mol. The van der Waals surface area contributed by atoms with E-state index < -0.39 is 0 Å². The lowest BCUT2D eigenvalue weighted by Crippen LogP contribution is -2.28. The van der Waals surface area contributed by atoms with E-state index in [-0.39, 0.29) is 0 Å². The normalized spacial score (nSPS) is 13.6. The molecule has 0 atom stereocenters. The molecule has 0 bridgehead atoms. The van der Waals surface area contributed by atoms with Gasteiger partial charge in [0.2, 0.25) is 0 Å². The van der Waals surface area contributed by atoms with Gasteiger partial charge in [-0.25, -0.2) is 0 Å². The third-order valence-corrected chi connectivity index (χ3v) is 5.19. The van der Waals surface area contributed by atoms with Crippen LogP contribution in [-0.2, 0) is 6.42 Å². The Bertz CT molecular complexity index is 850. The summed E-state index contributed by atoms with van der Waals surface area (Å²) < 4.78 is 0. The van der Waals surface area contributed by atoms with Gasteiger partial charge in [-0.3, -0.25) is 5.43 Å². The van der Waals surface area contributed by atoms with E-state index in [1.807, 2.05) is 6.21 Å². The van der Waals surface area contributed by atoms with Gasteiger partial charge in [-0.05, 0) is 87.1 Å². The predicted octanol–water partition coefficient (Wildman–Crippen LogP) is 4.70. The fourth-order valence-corrected chi connectivity index (χ4v) is 3.94. The third kappa shape index (κ3) is 4.66. The molecule has 3 rings (SSSR count). The first-order valence-electron chi connectivity index (χ1n) is 9.53. The van der Waals surface area contributed by atoms with E-state index in [4.69, 9.17) is 12.2 Å². The lowest BCUT2D eigenvalue weighted by atomic mass is 9.99. The van der Waals surface area contributed by atoms with Gasteiger partial charge in [-0.1, -0.05) is 23.8 Å². The molecule has 0 radical (unpaired) electrons. The van der Waals surface area contributed by atoms with Crippen molar-refractivity contribution in [3.05, 3.63) is 58.1 Å². The highest BCUT2D eigenvalue weighted by atomic mass is 32.1. The number of hydrogen-bond donors (Lipinski definition) is 2. The standard InChI is InChI=1S/C22H28N4S/c1-5-26-10-6-7-19-13-18(8-9-20(19)26)14-23-25-22(27)24-21-16(3)11-15(2)12-17(21)4/h8-9,11-14H,5-7,10H2,1-4H3,(H2,24,25,27). The molecule has 2 aromatic rings. The Morgan fingerprint density at radius 2 is 1.93 bits per heavy atom. The third-order valence-electron chi connectivity index (χ3n) is 5.00. The van der Waals surface area contributed by atoms with Crippen LogP contribution in [0.2, 0.25) is 0 Å². The zero-order valence-corrected chi connectivity index (χ0v) is 17.4. The van der Waals surface area contributed by atoms with Gasteiger partial charge in [-0.15, -0.1) is 0 Å². The maximum absolute atomic E-state index is 5.39. The largest absolute Gasteiger partial charge is 0.372 e. The average Bonchev–Trinajstić information content (AvgIpc) is 2.64. The van der Waals surface area contributed by atoms with Crippen LogP contribution in [0, 0.1) is 20.8 Å². The predicted molar refractivity (Wildman–Crippen MR) is 120 cm³/mol. The number of nitrogens with zero attached hydrogens (tertiary/aromatic N) is 2. The summed E-state index contributed by atoms with van der Waals surface area (Å²) in [6.45, 7) is 10.7. The minimum absolute atomic E-state index is 0.497. The van der Waals surface area contributed by atoms with Gasteiger partial charge in [-0.2, -0.15) is 5.10 Å². The molecule has 1 aliphatic heterocycles. The van der Waals surface area contributed by atoms with Crippen LogP contribution in [0.1, 0.15) is 41.2 Å². The summed E-state index contributed by atoms with van der Waals surface area (Å²) in [5.74, 6) is 0. The number of hydrogen-bond acceptors (Lipinski definition) is 3. The minimum Gasteiger partial charge on any atom is -0.372 e. The maximum Gasteiger partial charge on any atom is 0.191 e. The van der Waals surface area contributed by atoms with Crippen molar-refractivity contribution in [3.8, 4) is 0 Å². The van der Waals surface area contributed by atoms with E-state index in [0.717, 1.165) is 30.8 Å². The van der Waals surface area contributed by atoms with E-state index >= 15 is 0 Å². The summed E-state index contributed by atoms with van der Waals surface area (Å²) in [7, 11) is 0. The summed E-state index contributed by atoms with van der Waals surface area (Å²) in [4.78, 5) is 2.43. The van der Waals surface area contributed by atoms with Gasteiger partial charge in [0, 0.05) is 24.5 Å². The molecule has 4 nitrogen and oxygen atoms in total. The molecule has 0 amide bonds. The van der Waals surface area contributed by atoms with Crippen LogP contribution in [0.4, 0.5) is 11.4 Å². The van der Waals surface area contributed by atoms with Crippen LogP contribution in [-0.4, -0.2) is 24.4 Å².